The van der Waals surface area contributed by atoms with Crippen molar-refractivity contribution in [2.75, 3.05) is 0 Å². The molecular formula is C21H18F3N5O. The average Bonchev–Trinajstić information content (AvgIpc) is 3.39. The summed E-state index contributed by atoms with van der Waals surface area (Å²) in [5, 5.41) is 19.9. The highest BCUT2D eigenvalue weighted by molar-refractivity contribution is 5.61. The van der Waals surface area contributed by atoms with Crippen molar-refractivity contribution in [2.45, 2.75) is 25.1 Å². The van der Waals surface area contributed by atoms with Crippen molar-refractivity contribution < 1.29 is 18.3 Å². The number of aliphatic hydroxyl groups is 1. The second-order valence-electron chi connectivity index (χ2n) is 7.04. The molecule has 30 heavy (non-hydrogen) atoms. The molecule has 2 aromatic carbocycles. The Morgan fingerprint density at radius 3 is 2.53 bits per heavy atom. The van der Waals surface area contributed by atoms with Crippen molar-refractivity contribution >= 4 is 0 Å². The van der Waals surface area contributed by atoms with Gasteiger partial charge in [0.25, 0.3) is 0 Å². The molecule has 0 aliphatic rings. The maximum atomic E-state index is 14.6. The van der Waals surface area contributed by atoms with Crippen LogP contribution in [0.15, 0.2) is 67.5 Å². The summed E-state index contributed by atoms with van der Waals surface area (Å²) in [6.45, 7) is 1.51. The molecule has 0 spiro atoms. The van der Waals surface area contributed by atoms with Gasteiger partial charge in [-0.05, 0) is 30.7 Å². The third-order valence-corrected chi connectivity index (χ3v) is 5.11. The lowest BCUT2D eigenvalue weighted by atomic mass is 9.86. The van der Waals surface area contributed by atoms with Crippen molar-refractivity contribution in [3.05, 3.63) is 90.5 Å². The van der Waals surface area contributed by atoms with Crippen LogP contribution in [0.3, 0.4) is 0 Å². The molecule has 2 atom stereocenters. The predicted octanol–water partition coefficient (Wildman–Crippen LogP) is 3.71. The number of hydrogen-bond donors (Lipinski definition) is 1. The minimum Gasteiger partial charge on any atom is -0.381 e. The summed E-state index contributed by atoms with van der Waals surface area (Å²) >= 11 is 0. The second kappa shape index (κ2) is 7.75. The lowest BCUT2D eigenvalue weighted by Gasteiger charge is -2.34. The number of nitrogens with zero attached hydrogens (tertiary/aromatic N) is 5. The lowest BCUT2D eigenvalue weighted by molar-refractivity contribution is -0.0368. The van der Waals surface area contributed by atoms with Gasteiger partial charge < -0.3 is 5.11 Å². The molecule has 0 radical (unpaired) electrons. The van der Waals surface area contributed by atoms with Crippen molar-refractivity contribution in [1.29, 1.82) is 0 Å². The van der Waals surface area contributed by atoms with Gasteiger partial charge in [0.15, 0.2) is 0 Å². The highest BCUT2D eigenvalue weighted by Crippen LogP contribution is 2.37. The van der Waals surface area contributed by atoms with Crippen LogP contribution in [0, 0.1) is 17.5 Å². The number of benzene rings is 2. The monoisotopic (exact) mass is 413 g/mol. The van der Waals surface area contributed by atoms with Gasteiger partial charge in [0.1, 0.15) is 35.7 Å². The van der Waals surface area contributed by atoms with Crippen molar-refractivity contribution in [2.24, 2.45) is 0 Å². The zero-order valence-electron chi connectivity index (χ0n) is 16.0. The van der Waals surface area contributed by atoms with Crippen LogP contribution in [0.5, 0.6) is 0 Å². The summed E-state index contributed by atoms with van der Waals surface area (Å²) < 4.78 is 44.5. The maximum absolute atomic E-state index is 14.6. The lowest BCUT2D eigenvalue weighted by Crippen LogP contribution is -2.40. The molecule has 0 saturated carbocycles. The number of aromatic nitrogens is 5. The van der Waals surface area contributed by atoms with Crippen LogP contribution in [0.1, 0.15) is 18.5 Å². The molecule has 4 aromatic rings. The highest BCUT2D eigenvalue weighted by Gasteiger charge is 2.40. The minimum absolute atomic E-state index is 0.102. The number of halogens is 3. The van der Waals surface area contributed by atoms with Crippen molar-refractivity contribution in [1.82, 2.24) is 24.5 Å². The Kier molecular flexibility index (Phi) is 5.13. The fourth-order valence-electron chi connectivity index (χ4n) is 3.43. The smallest absolute Gasteiger partial charge is 0.137 e. The summed E-state index contributed by atoms with van der Waals surface area (Å²) in [5.41, 5.74) is -0.698. The highest BCUT2D eigenvalue weighted by atomic mass is 19.1. The van der Waals surface area contributed by atoms with Crippen LogP contribution in [-0.4, -0.2) is 29.7 Å². The molecule has 0 saturated heterocycles. The fraction of sp³-hybridized carbons (Fsp3) is 0.190. The van der Waals surface area contributed by atoms with Gasteiger partial charge in [-0.3, -0.25) is 4.68 Å². The molecule has 2 aromatic heterocycles. The van der Waals surface area contributed by atoms with Crippen LogP contribution >= 0.6 is 0 Å². The molecule has 0 aliphatic carbocycles. The molecule has 1 N–H and O–H groups in total. The van der Waals surface area contributed by atoms with Gasteiger partial charge in [0, 0.05) is 23.4 Å². The Morgan fingerprint density at radius 2 is 1.83 bits per heavy atom. The summed E-state index contributed by atoms with van der Waals surface area (Å²) in [6.07, 6.45) is 5.85. The van der Waals surface area contributed by atoms with Gasteiger partial charge in [-0.15, -0.1) is 0 Å². The van der Waals surface area contributed by atoms with Crippen molar-refractivity contribution in [3.63, 3.8) is 0 Å². The zero-order valence-corrected chi connectivity index (χ0v) is 16.0. The van der Waals surface area contributed by atoms with E-state index in [0.29, 0.717) is 11.1 Å². The van der Waals surface area contributed by atoms with E-state index in [1.54, 1.807) is 25.3 Å². The topological polar surface area (TPSA) is 68.8 Å². The quantitative estimate of drug-likeness (QED) is 0.523. The van der Waals surface area contributed by atoms with E-state index in [1.165, 1.54) is 46.4 Å². The van der Waals surface area contributed by atoms with E-state index in [9.17, 15) is 18.3 Å². The average molecular weight is 413 g/mol. The van der Waals surface area contributed by atoms with E-state index in [0.717, 1.165) is 12.1 Å². The van der Waals surface area contributed by atoms with E-state index in [4.69, 9.17) is 0 Å². The number of rotatable bonds is 6. The third-order valence-electron chi connectivity index (χ3n) is 5.11. The van der Waals surface area contributed by atoms with Gasteiger partial charge in [-0.1, -0.05) is 18.2 Å². The third kappa shape index (κ3) is 3.71. The molecule has 9 heteroatoms. The Labute approximate surface area is 170 Å². The second-order valence-corrected chi connectivity index (χ2v) is 7.04. The summed E-state index contributed by atoms with van der Waals surface area (Å²) in [5.74, 6) is -2.02. The van der Waals surface area contributed by atoms with Gasteiger partial charge >= 0.3 is 0 Å². The molecular weight excluding hydrogens is 395 g/mol. The molecule has 6 nitrogen and oxygen atoms in total. The molecule has 4 rings (SSSR count). The van der Waals surface area contributed by atoms with E-state index >= 15 is 0 Å². The first-order chi connectivity index (χ1) is 14.4. The molecule has 0 bridgehead atoms. The van der Waals surface area contributed by atoms with Crippen LogP contribution in [0.2, 0.25) is 0 Å². The minimum atomic E-state index is -1.84. The maximum Gasteiger partial charge on any atom is 0.137 e. The fourth-order valence-corrected chi connectivity index (χ4v) is 3.43. The SMILES string of the molecule is C[C@@H](n1cc(-c2cccc(F)c2)cn1)[C@](O)(Cn1cncn1)c1ccc(F)cc1F. The summed E-state index contributed by atoms with van der Waals surface area (Å²) in [4.78, 5) is 3.85. The summed E-state index contributed by atoms with van der Waals surface area (Å²) in [7, 11) is 0. The van der Waals surface area contributed by atoms with E-state index in [-0.39, 0.29) is 17.9 Å². The molecule has 0 amide bonds. The van der Waals surface area contributed by atoms with Crippen LogP contribution in [-0.2, 0) is 12.1 Å². The van der Waals surface area contributed by atoms with E-state index in [2.05, 4.69) is 15.2 Å². The predicted molar refractivity (Wildman–Crippen MR) is 103 cm³/mol. The largest absolute Gasteiger partial charge is 0.381 e. The Bertz CT molecular complexity index is 1160. The Morgan fingerprint density at radius 1 is 1.03 bits per heavy atom. The number of hydrogen-bond acceptors (Lipinski definition) is 4. The standard InChI is InChI=1S/C21H18F3N5O/c1-14(29-10-16(9-26-29)15-3-2-4-17(22)7-15)21(30,11-28-13-25-12-27-28)19-6-5-18(23)8-20(19)24/h2-10,12-14,30H,11H2,1H3/t14-,21-/m1/s1. The molecule has 0 unspecified atom stereocenters. The first kappa shape index (κ1) is 19.8. The van der Waals surface area contributed by atoms with E-state index in [1.807, 2.05) is 0 Å². The normalized spacial score (nSPS) is 14.4. The van der Waals surface area contributed by atoms with Gasteiger partial charge in [-0.2, -0.15) is 10.2 Å². The van der Waals surface area contributed by atoms with Gasteiger partial charge in [-0.25, -0.2) is 22.8 Å². The van der Waals surface area contributed by atoms with Crippen LogP contribution < -0.4 is 0 Å². The molecule has 0 fully saturated rings. The van der Waals surface area contributed by atoms with Gasteiger partial charge in [0.2, 0.25) is 0 Å². The van der Waals surface area contributed by atoms with Gasteiger partial charge in [0.05, 0.1) is 18.8 Å². The zero-order chi connectivity index (χ0) is 21.3. The summed E-state index contributed by atoms with van der Waals surface area (Å²) in [6, 6.07) is 8.24. The Balaban J connectivity index is 1.75. The molecule has 2 heterocycles. The van der Waals surface area contributed by atoms with Crippen molar-refractivity contribution in [3.8, 4) is 11.1 Å². The molecule has 0 aliphatic heterocycles. The van der Waals surface area contributed by atoms with E-state index < -0.39 is 23.3 Å². The molecule has 154 valence electrons. The van der Waals surface area contributed by atoms with Crippen LogP contribution in [0.25, 0.3) is 11.1 Å². The van der Waals surface area contributed by atoms with Crippen LogP contribution in [0.4, 0.5) is 13.2 Å². The Hall–Kier alpha value is -3.46. The first-order valence-electron chi connectivity index (χ1n) is 9.17. The first-order valence-corrected chi connectivity index (χ1v) is 9.17.